The standard InChI is InChI=1S/C23H44O2/c1-3-5-7-8-9-10-11-12-13-14-15-16-17-18-19-21-23(24)25-22-20-6-4-2/h11-12H,3-10,13-22H2,1-2H3. The molecule has 0 aromatic rings. The molecule has 0 atom stereocenters. The highest BCUT2D eigenvalue weighted by molar-refractivity contribution is 5.69. The van der Waals surface area contributed by atoms with Crippen molar-refractivity contribution in [1.82, 2.24) is 0 Å². The van der Waals surface area contributed by atoms with Gasteiger partial charge in [0.2, 0.25) is 0 Å². The summed E-state index contributed by atoms with van der Waals surface area (Å²) in [5.74, 6) is -0.00376. The lowest BCUT2D eigenvalue weighted by Crippen LogP contribution is -2.05. The number of carbonyl (C=O) groups excluding carboxylic acids is 1. The van der Waals surface area contributed by atoms with Gasteiger partial charge < -0.3 is 4.74 Å². The molecule has 25 heavy (non-hydrogen) atoms. The van der Waals surface area contributed by atoms with Crippen LogP contribution in [-0.4, -0.2) is 12.6 Å². The second kappa shape index (κ2) is 21.3. The van der Waals surface area contributed by atoms with Crippen LogP contribution in [0.15, 0.2) is 12.2 Å². The van der Waals surface area contributed by atoms with Crippen molar-refractivity contribution in [2.45, 2.75) is 123 Å². The maximum atomic E-state index is 11.5. The Kier molecular flexibility index (Phi) is 20.6. The first-order chi connectivity index (χ1) is 12.3. The van der Waals surface area contributed by atoms with Gasteiger partial charge in [0, 0.05) is 6.42 Å². The molecule has 0 saturated carbocycles. The van der Waals surface area contributed by atoms with Gasteiger partial charge in [-0.05, 0) is 38.5 Å². The zero-order valence-corrected chi connectivity index (χ0v) is 17.2. The molecule has 2 nitrogen and oxygen atoms in total. The summed E-state index contributed by atoms with van der Waals surface area (Å²) < 4.78 is 5.22. The van der Waals surface area contributed by atoms with Crippen LogP contribution in [0.5, 0.6) is 0 Å². The third kappa shape index (κ3) is 21.2. The van der Waals surface area contributed by atoms with Crippen molar-refractivity contribution < 1.29 is 9.53 Å². The molecule has 2 heteroatoms. The van der Waals surface area contributed by atoms with Crippen molar-refractivity contribution in [3.05, 3.63) is 12.2 Å². The van der Waals surface area contributed by atoms with Crippen molar-refractivity contribution in [2.24, 2.45) is 0 Å². The van der Waals surface area contributed by atoms with Crippen molar-refractivity contribution in [1.29, 1.82) is 0 Å². The van der Waals surface area contributed by atoms with E-state index in [0.29, 0.717) is 13.0 Å². The lowest BCUT2D eigenvalue weighted by Gasteiger charge is -2.04. The Bertz CT molecular complexity index is 296. The van der Waals surface area contributed by atoms with Gasteiger partial charge in [-0.2, -0.15) is 0 Å². The van der Waals surface area contributed by atoms with E-state index in [2.05, 4.69) is 26.0 Å². The van der Waals surface area contributed by atoms with Crippen LogP contribution in [0.4, 0.5) is 0 Å². The summed E-state index contributed by atoms with van der Waals surface area (Å²) >= 11 is 0. The molecule has 0 unspecified atom stereocenters. The molecule has 0 saturated heterocycles. The molecule has 0 aromatic carbocycles. The number of hydrogen-bond acceptors (Lipinski definition) is 2. The Morgan fingerprint density at radius 2 is 1.12 bits per heavy atom. The van der Waals surface area contributed by atoms with Crippen LogP contribution in [0.3, 0.4) is 0 Å². The first-order valence-electron chi connectivity index (χ1n) is 11.1. The number of rotatable bonds is 19. The van der Waals surface area contributed by atoms with E-state index in [1.165, 1.54) is 77.0 Å². The molecule has 0 aromatic heterocycles. The van der Waals surface area contributed by atoms with Crippen LogP contribution in [0.1, 0.15) is 123 Å². The zero-order valence-electron chi connectivity index (χ0n) is 17.2. The minimum absolute atomic E-state index is 0.00376. The van der Waals surface area contributed by atoms with Gasteiger partial charge in [0.15, 0.2) is 0 Å². The Balaban J connectivity index is 3.16. The van der Waals surface area contributed by atoms with E-state index in [9.17, 15) is 4.79 Å². The fourth-order valence-corrected chi connectivity index (χ4v) is 2.95. The Hall–Kier alpha value is -0.790. The summed E-state index contributed by atoms with van der Waals surface area (Å²) in [7, 11) is 0. The fraction of sp³-hybridized carbons (Fsp3) is 0.870. The van der Waals surface area contributed by atoms with E-state index >= 15 is 0 Å². The van der Waals surface area contributed by atoms with Crippen LogP contribution in [0.25, 0.3) is 0 Å². The molecule has 0 rings (SSSR count). The third-order valence-electron chi connectivity index (χ3n) is 4.65. The van der Waals surface area contributed by atoms with Gasteiger partial charge in [-0.15, -0.1) is 0 Å². The molecule has 0 bridgehead atoms. The Morgan fingerprint density at radius 1 is 0.640 bits per heavy atom. The second-order valence-electron chi connectivity index (χ2n) is 7.26. The van der Waals surface area contributed by atoms with Crippen molar-refractivity contribution in [3.63, 3.8) is 0 Å². The number of allylic oxidation sites excluding steroid dienone is 2. The summed E-state index contributed by atoms with van der Waals surface area (Å²) in [5.41, 5.74) is 0. The van der Waals surface area contributed by atoms with Gasteiger partial charge in [-0.1, -0.05) is 90.2 Å². The number of ether oxygens (including phenoxy) is 1. The summed E-state index contributed by atoms with van der Waals surface area (Å²) in [5, 5.41) is 0. The first kappa shape index (κ1) is 24.2. The van der Waals surface area contributed by atoms with Gasteiger partial charge in [0.25, 0.3) is 0 Å². The summed E-state index contributed by atoms with van der Waals surface area (Å²) in [6.45, 7) is 5.04. The minimum atomic E-state index is -0.00376. The second-order valence-corrected chi connectivity index (χ2v) is 7.26. The third-order valence-corrected chi connectivity index (χ3v) is 4.65. The van der Waals surface area contributed by atoms with Gasteiger partial charge in [-0.3, -0.25) is 4.79 Å². The van der Waals surface area contributed by atoms with Gasteiger partial charge in [-0.25, -0.2) is 0 Å². The van der Waals surface area contributed by atoms with Crippen LogP contribution >= 0.6 is 0 Å². The van der Waals surface area contributed by atoms with E-state index in [4.69, 9.17) is 4.74 Å². The molecular formula is C23H44O2. The van der Waals surface area contributed by atoms with Gasteiger partial charge >= 0.3 is 5.97 Å². The van der Waals surface area contributed by atoms with Crippen LogP contribution in [-0.2, 0) is 9.53 Å². The number of esters is 1. The normalized spacial score (nSPS) is 11.3. The van der Waals surface area contributed by atoms with Gasteiger partial charge in [0.1, 0.15) is 0 Å². The Morgan fingerprint density at radius 3 is 1.72 bits per heavy atom. The smallest absolute Gasteiger partial charge is 0.305 e. The average Bonchev–Trinajstić information content (AvgIpc) is 2.62. The predicted molar refractivity (Wildman–Crippen MR) is 110 cm³/mol. The van der Waals surface area contributed by atoms with Crippen molar-refractivity contribution in [2.75, 3.05) is 6.61 Å². The number of carbonyl (C=O) groups is 1. The highest BCUT2D eigenvalue weighted by atomic mass is 16.5. The highest BCUT2D eigenvalue weighted by Gasteiger charge is 2.01. The summed E-state index contributed by atoms with van der Waals surface area (Å²) in [6, 6.07) is 0. The van der Waals surface area contributed by atoms with Gasteiger partial charge in [0.05, 0.1) is 6.61 Å². The topological polar surface area (TPSA) is 26.3 Å². The van der Waals surface area contributed by atoms with E-state index in [1.54, 1.807) is 0 Å². The summed E-state index contributed by atoms with van der Waals surface area (Å²) in [6.07, 6.45) is 25.4. The molecule has 0 radical (unpaired) electrons. The molecule has 0 heterocycles. The quantitative estimate of drug-likeness (QED) is 0.135. The number of unbranched alkanes of at least 4 members (excludes halogenated alkanes) is 13. The van der Waals surface area contributed by atoms with Crippen LogP contribution in [0, 0.1) is 0 Å². The molecule has 0 N–H and O–H groups in total. The fourth-order valence-electron chi connectivity index (χ4n) is 2.95. The Labute approximate surface area is 157 Å². The molecular weight excluding hydrogens is 308 g/mol. The van der Waals surface area contributed by atoms with Crippen molar-refractivity contribution in [3.8, 4) is 0 Å². The summed E-state index contributed by atoms with van der Waals surface area (Å²) in [4.78, 5) is 11.5. The van der Waals surface area contributed by atoms with Crippen molar-refractivity contribution >= 4 is 5.97 Å². The lowest BCUT2D eigenvalue weighted by atomic mass is 10.1. The predicted octanol–water partition coefficient (Wildman–Crippen LogP) is 7.76. The SMILES string of the molecule is CCCCCCCC=CCCCCCCCCC(=O)OCCCCC. The van der Waals surface area contributed by atoms with E-state index < -0.39 is 0 Å². The maximum absolute atomic E-state index is 11.5. The van der Waals surface area contributed by atoms with Crippen LogP contribution < -0.4 is 0 Å². The molecule has 148 valence electrons. The molecule has 0 amide bonds. The first-order valence-corrected chi connectivity index (χ1v) is 11.1. The maximum Gasteiger partial charge on any atom is 0.305 e. The average molecular weight is 353 g/mol. The van der Waals surface area contributed by atoms with E-state index in [-0.39, 0.29) is 5.97 Å². The molecule has 0 aliphatic heterocycles. The largest absolute Gasteiger partial charge is 0.466 e. The minimum Gasteiger partial charge on any atom is -0.466 e. The van der Waals surface area contributed by atoms with Crippen LogP contribution in [0.2, 0.25) is 0 Å². The molecule has 0 spiro atoms. The highest BCUT2D eigenvalue weighted by Crippen LogP contribution is 2.10. The van der Waals surface area contributed by atoms with E-state index in [0.717, 1.165) is 25.7 Å². The number of hydrogen-bond donors (Lipinski definition) is 0. The molecule has 0 aliphatic rings. The molecule has 0 fully saturated rings. The monoisotopic (exact) mass is 352 g/mol. The molecule has 0 aliphatic carbocycles. The van der Waals surface area contributed by atoms with E-state index in [1.807, 2.05) is 0 Å². The zero-order chi connectivity index (χ0) is 18.4. The lowest BCUT2D eigenvalue weighted by molar-refractivity contribution is -0.143.